The van der Waals surface area contributed by atoms with E-state index in [9.17, 15) is 4.79 Å². The quantitative estimate of drug-likeness (QED) is 0.576. The predicted molar refractivity (Wildman–Crippen MR) is 48.8 cm³/mol. The Morgan fingerprint density at radius 2 is 2.08 bits per heavy atom. The summed E-state index contributed by atoms with van der Waals surface area (Å²) in [6.07, 6.45) is 4.57. The van der Waals surface area contributed by atoms with Gasteiger partial charge in [0.2, 0.25) is 0 Å². The van der Waals surface area contributed by atoms with E-state index in [2.05, 4.69) is 20.8 Å². The standard InChI is InChI=1S/C11H18O/c1-10(2)8(4-5-12)6-9-7-11(9,10)3/h5,8-9H,4,6-7H2,1-3H3. The lowest BCUT2D eigenvalue weighted by Crippen LogP contribution is -2.28. The highest BCUT2D eigenvalue weighted by atomic mass is 16.1. The lowest BCUT2D eigenvalue weighted by molar-refractivity contribution is -0.109. The van der Waals surface area contributed by atoms with Crippen molar-refractivity contribution in [2.24, 2.45) is 22.7 Å². The Balaban J connectivity index is 2.17. The first-order valence-electron chi connectivity index (χ1n) is 4.96. The molecule has 0 bridgehead atoms. The summed E-state index contributed by atoms with van der Waals surface area (Å²) in [4.78, 5) is 10.5. The fourth-order valence-corrected chi connectivity index (χ4v) is 3.20. The molecule has 2 aliphatic carbocycles. The number of carbonyl (C=O) groups excluding carboxylic acids is 1. The van der Waals surface area contributed by atoms with Crippen molar-refractivity contribution in [3.05, 3.63) is 0 Å². The summed E-state index contributed by atoms with van der Waals surface area (Å²) in [5.41, 5.74) is 0.971. The van der Waals surface area contributed by atoms with E-state index in [1.807, 2.05) is 0 Å². The maximum Gasteiger partial charge on any atom is 0.120 e. The first-order chi connectivity index (χ1) is 5.52. The zero-order chi connectivity index (χ0) is 8.98. The summed E-state index contributed by atoms with van der Waals surface area (Å²) >= 11 is 0. The van der Waals surface area contributed by atoms with Crippen molar-refractivity contribution in [1.82, 2.24) is 0 Å². The minimum Gasteiger partial charge on any atom is -0.303 e. The van der Waals surface area contributed by atoms with Gasteiger partial charge in [0.25, 0.3) is 0 Å². The van der Waals surface area contributed by atoms with Crippen LogP contribution in [0.5, 0.6) is 0 Å². The highest BCUT2D eigenvalue weighted by Gasteiger charge is 2.66. The van der Waals surface area contributed by atoms with Gasteiger partial charge in [0.15, 0.2) is 0 Å². The Morgan fingerprint density at radius 3 is 2.50 bits per heavy atom. The van der Waals surface area contributed by atoms with Crippen LogP contribution in [-0.4, -0.2) is 6.29 Å². The van der Waals surface area contributed by atoms with E-state index >= 15 is 0 Å². The van der Waals surface area contributed by atoms with E-state index in [0.717, 1.165) is 18.6 Å². The molecule has 2 fully saturated rings. The van der Waals surface area contributed by atoms with Crippen LogP contribution in [0.15, 0.2) is 0 Å². The molecule has 68 valence electrons. The molecule has 0 radical (unpaired) electrons. The molecule has 0 N–H and O–H groups in total. The minimum absolute atomic E-state index is 0.401. The zero-order valence-corrected chi connectivity index (χ0v) is 8.26. The van der Waals surface area contributed by atoms with E-state index in [4.69, 9.17) is 0 Å². The second-order valence-corrected chi connectivity index (χ2v) is 5.38. The van der Waals surface area contributed by atoms with Gasteiger partial charge in [-0.15, -0.1) is 0 Å². The number of hydrogen-bond donors (Lipinski definition) is 0. The van der Waals surface area contributed by atoms with Gasteiger partial charge in [-0.1, -0.05) is 20.8 Å². The first kappa shape index (κ1) is 8.28. The minimum atomic E-state index is 0.401. The predicted octanol–water partition coefficient (Wildman–Crippen LogP) is 2.65. The summed E-state index contributed by atoms with van der Waals surface area (Å²) in [7, 11) is 0. The molecule has 0 heterocycles. The van der Waals surface area contributed by atoms with Crippen LogP contribution in [0, 0.1) is 22.7 Å². The summed E-state index contributed by atoms with van der Waals surface area (Å²) in [5, 5.41) is 0. The molecule has 0 aromatic rings. The van der Waals surface area contributed by atoms with Gasteiger partial charge in [-0.2, -0.15) is 0 Å². The van der Waals surface area contributed by atoms with Crippen LogP contribution in [0.25, 0.3) is 0 Å². The van der Waals surface area contributed by atoms with E-state index in [1.165, 1.54) is 12.8 Å². The molecule has 3 unspecified atom stereocenters. The summed E-state index contributed by atoms with van der Waals surface area (Å²) in [6.45, 7) is 7.07. The van der Waals surface area contributed by atoms with Crippen molar-refractivity contribution < 1.29 is 4.79 Å². The molecular formula is C11H18O. The molecule has 3 atom stereocenters. The third kappa shape index (κ3) is 0.773. The molecule has 1 nitrogen and oxygen atoms in total. The largest absolute Gasteiger partial charge is 0.303 e. The van der Waals surface area contributed by atoms with Gasteiger partial charge in [0.1, 0.15) is 6.29 Å². The molecular weight excluding hydrogens is 148 g/mol. The van der Waals surface area contributed by atoms with E-state index in [-0.39, 0.29) is 0 Å². The zero-order valence-electron chi connectivity index (χ0n) is 8.26. The molecule has 0 aromatic heterocycles. The van der Waals surface area contributed by atoms with Gasteiger partial charge in [0.05, 0.1) is 0 Å². The van der Waals surface area contributed by atoms with Crippen LogP contribution in [0.3, 0.4) is 0 Å². The molecule has 0 aliphatic heterocycles. The monoisotopic (exact) mass is 166 g/mol. The lowest BCUT2D eigenvalue weighted by atomic mass is 9.70. The average Bonchev–Trinajstić information content (AvgIpc) is 2.58. The van der Waals surface area contributed by atoms with E-state index in [1.54, 1.807) is 0 Å². The smallest absolute Gasteiger partial charge is 0.120 e. The van der Waals surface area contributed by atoms with Crippen molar-refractivity contribution in [2.75, 3.05) is 0 Å². The second-order valence-electron chi connectivity index (χ2n) is 5.38. The summed E-state index contributed by atoms with van der Waals surface area (Å²) < 4.78 is 0. The van der Waals surface area contributed by atoms with Gasteiger partial charge in [-0.25, -0.2) is 0 Å². The molecule has 0 saturated heterocycles. The number of carbonyl (C=O) groups is 1. The third-order valence-corrected chi connectivity index (χ3v) is 4.85. The van der Waals surface area contributed by atoms with Crippen LogP contribution in [0.1, 0.15) is 40.0 Å². The maximum absolute atomic E-state index is 10.5. The first-order valence-corrected chi connectivity index (χ1v) is 4.96. The van der Waals surface area contributed by atoms with Crippen LogP contribution >= 0.6 is 0 Å². The normalized spacial score (nSPS) is 48.6. The third-order valence-electron chi connectivity index (χ3n) is 4.85. The Bertz CT molecular complexity index is 219. The van der Waals surface area contributed by atoms with Gasteiger partial charge >= 0.3 is 0 Å². The molecule has 0 aromatic carbocycles. The van der Waals surface area contributed by atoms with Crippen LogP contribution < -0.4 is 0 Å². The number of hydrogen-bond acceptors (Lipinski definition) is 1. The molecule has 1 heteroatoms. The molecule has 2 rings (SSSR count). The summed E-state index contributed by atoms with van der Waals surface area (Å²) in [5.74, 6) is 1.58. The SMILES string of the molecule is CC1(C)C(CC=O)CC2CC21C. The fourth-order valence-electron chi connectivity index (χ4n) is 3.20. The molecule has 2 aliphatic rings. The van der Waals surface area contributed by atoms with Gasteiger partial charge in [-0.05, 0) is 35.5 Å². The van der Waals surface area contributed by atoms with Crippen molar-refractivity contribution in [3.63, 3.8) is 0 Å². The second kappa shape index (κ2) is 2.12. The highest BCUT2D eigenvalue weighted by Crippen LogP contribution is 2.74. The Hall–Kier alpha value is -0.330. The van der Waals surface area contributed by atoms with Crippen LogP contribution in [-0.2, 0) is 4.79 Å². The average molecular weight is 166 g/mol. The molecule has 0 spiro atoms. The van der Waals surface area contributed by atoms with Crippen LogP contribution in [0.4, 0.5) is 0 Å². The highest BCUT2D eigenvalue weighted by molar-refractivity contribution is 5.50. The van der Waals surface area contributed by atoms with Gasteiger partial charge in [0, 0.05) is 6.42 Å². The van der Waals surface area contributed by atoms with E-state index < -0.39 is 0 Å². The Morgan fingerprint density at radius 1 is 1.42 bits per heavy atom. The molecule has 0 amide bonds. The Kier molecular flexibility index (Phi) is 1.47. The van der Waals surface area contributed by atoms with Crippen molar-refractivity contribution >= 4 is 6.29 Å². The topological polar surface area (TPSA) is 17.1 Å². The van der Waals surface area contributed by atoms with Crippen LogP contribution in [0.2, 0.25) is 0 Å². The van der Waals surface area contributed by atoms with Gasteiger partial charge < -0.3 is 4.79 Å². The lowest BCUT2D eigenvalue weighted by Gasteiger charge is -2.34. The van der Waals surface area contributed by atoms with Crippen molar-refractivity contribution in [3.8, 4) is 0 Å². The maximum atomic E-state index is 10.5. The fraction of sp³-hybridized carbons (Fsp3) is 0.909. The van der Waals surface area contributed by atoms with Crippen molar-refractivity contribution in [1.29, 1.82) is 0 Å². The number of rotatable bonds is 2. The molecule has 2 saturated carbocycles. The number of aldehydes is 1. The molecule has 12 heavy (non-hydrogen) atoms. The van der Waals surface area contributed by atoms with Crippen molar-refractivity contribution in [2.45, 2.75) is 40.0 Å². The van der Waals surface area contributed by atoms with E-state index in [0.29, 0.717) is 16.7 Å². The number of fused-ring (bicyclic) bond motifs is 1. The van der Waals surface area contributed by atoms with Gasteiger partial charge in [-0.3, -0.25) is 0 Å². The Labute approximate surface area is 74.5 Å². The summed E-state index contributed by atoms with van der Waals surface area (Å²) in [6, 6.07) is 0.